The van der Waals surface area contributed by atoms with E-state index in [1.54, 1.807) is 6.33 Å². The lowest BCUT2D eigenvalue weighted by Gasteiger charge is -2.36. The number of amides is 1. The summed E-state index contributed by atoms with van der Waals surface area (Å²) in [6, 6.07) is 0.435. The van der Waals surface area contributed by atoms with Crippen molar-refractivity contribution in [1.82, 2.24) is 35.2 Å². The number of aryl methyl sites for hydroxylation is 1. The van der Waals surface area contributed by atoms with E-state index in [1.807, 2.05) is 0 Å². The van der Waals surface area contributed by atoms with E-state index in [-0.39, 0.29) is 5.91 Å². The molecule has 2 aliphatic rings. The minimum Gasteiger partial charge on any atom is -0.357 e. The van der Waals surface area contributed by atoms with Crippen LogP contribution >= 0.6 is 0 Å². The number of carbonyl (C=O) groups excluding carboxylic acids is 1. The highest BCUT2D eigenvalue weighted by atomic mass is 16.2. The van der Waals surface area contributed by atoms with E-state index in [4.69, 9.17) is 4.99 Å². The lowest BCUT2D eigenvalue weighted by Crippen LogP contribution is -2.54. The number of guanidine groups is 1. The second-order valence-electron chi connectivity index (χ2n) is 7.13. The average molecular weight is 377 g/mol. The SMILES string of the molecule is CCNC(=NCCn1cnnc1CC)N1CCN(CC(=O)NC2CC2)CC1. The summed E-state index contributed by atoms with van der Waals surface area (Å²) < 4.78 is 2.06. The zero-order chi connectivity index (χ0) is 19.1. The smallest absolute Gasteiger partial charge is 0.234 e. The van der Waals surface area contributed by atoms with Crippen LogP contribution in [0, 0.1) is 0 Å². The van der Waals surface area contributed by atoms with E-state index in [2.05, 4.69) is 49.0 Å². The Hall–Kier alpha value is -2.16. The summed E-state index contributed by atoms with van der Waals surface area (Å²) in [6.45, 7) is 10.5. The first-order valence-electron chi connectivity index (χ1n) is 10.1. The molecular formula is C18H32N8O. The minimum atomic E-state index is 0.159. The van der Waals surface area contributed by atoms with Crippen LogP contribution in [0.4, 0.5) is 0 Å². The van der Waals surface area contributed by atoms with Crippen molar-refractivity contribution in [2.24, 2.45) is 4.99 Å². The van der Waals surface area contributed by atoms with E-state index in [9.17, 15) is 4.79 Å². The first-order chi connectivity index (χ1) is 13.2. The van der Waals surface area contributed by atoms with Crippen LogP contribution in [-0.4, -0.2) is 88.3 Å². The second kappa shape index (κ2) is 9.68. The Morgan fingerprint density at radius 3 is 2.70 bits per heavy atom. The predicted molar refractivity (Wildman–Crippen MR) is 105 cm³/mol. The van der Waals surface area contributed by atoms with E-state index in [0.717, 1.165) is 70.3 Å². The monoisotopic (exact) mass is 376 g/mol. The summed E-state index contributed by atoms with van der Waals surface area (Å²) >= 11 is 0. The Morgan fingerprint density at radius 2 is 2.04 bits per heavy atom. The van der Waals surface area contributed by atoms with E-state index in [1.165, 1.54) is 0 Å². The maximum Gasteiger partial charge on any atom is 0.234 e. The van der Waals surface area contributed by atoms with Gasteiger partial charge in [-0.25, -0.2) is 0 Å². The quantitative estimate of drug-likeness (QED) is 0.478. The number of carbonyl (C=O) groups is 1. The molecule has 0 radical (unpaired) electrons. The summed E-state index contributed by atoms with van der Waals surface area (Å²) in [5, 5.41) is 14.5. The lowest BCUT2D eigenvalue weighted by molar-refractivity contribution is -0.122. The highest BCUT2D eigenvalue weighted by Gasteiger charge is 2.25. The highest BCUT2D eigenvalue weighted by Crippen LogP contribution is 2.18. The number of aliphatic imine (C=N–C) groups is 1. The fourth-order valence-corrected chi connectivity index (χ4v) is 3.25. The topological polar surface area (TPSA) is 90.7 Å². The summed E-state index contributed by atoms with van der Waals surface area (Å²) in [7, 11) is 0. The molecule has 1 aliphatic heterocycles. The molecule has 1 aromatic heterocycles. The van der Waals surface area contributed by atoms with Crippen molar-refractivity contribution in [3.05, 3.63) is 12.2 Å². The fraction of sp³-hybridized carbons (Fsp3) is 0.778. The van der Waals surface area contributed by atoms with Gasteiger partial charge in [-0.2, -0.15) is 0 Å². The minimum absolute atomic E-state index is 0.159. The average Bonchev–Trinajstić information content (AvgIpc) is 3.36. The van der Waals surface area contributed by atoms with Crippen molar-refractivity contribution >= 4 is 11.9 Å². The van der Waals surface area contributed by atoms with Crippen LogP contribution in [0.25, 0.3) is 0 Å². The Balaban J connectivity index is 1.46. The maximum atomic E-state index is 12.0. The number of piperazine rings is 1. The van der Waals surface area contributed by atoms with Crippen molar-refractivity contribution in [1.29, 1.82) is 0 Å². The molecule has 1 amide bonds. The number of hydrogen-bond donors (Lipinski definition) is 2. The van der Waals surface area contributed by atoms with Crippen molar-refractivity contribution in [2.45, 2.75) is 45.7 Å². The van der Waals surface area contributed by atoms with Crippen molar-refractivity contribution in [2.75, 3.05) is 45.8 Å². The van der Waals surface area contributed by atoms with E-state index in [0.29, 0.717) is 19.1 Å². The molecule has 0 spiro atoms. The Labute approximate surface area is 161 Å². The molecule has 0 bridgehead atoms. The van der Waals surface area contributed by atoms with Crippen LogP contribution in [-0.2, 0) is 17.8 Å². The van der Waals surface area contributed by atoms with Gasteiger partial charge in [0.1, 0.15) is 12.2 Å². The largest absolute Gasteiger partial charge is 0.357 e. The Bertz CT molecular complexity index is 631. The third kappa shape index (κ3) is 5.92. The fourth-order valence-electron chi connectivity index (χ4n) is 3.25. The first-order valence-corrected chi connectivity index (χ1v) is 10.1. The van der Waals surface area contributed by atoms with Gasteiger partial charge in [-0.05, 0) is 19.8 Å². The van der Waals surface area contributed by atoms with Gasteiger partial charge in [0.15, 0.2) is 5.96 Å². The number of hydrogen-bond acceptors (Lipinski definition) is 5. The zero-order valence-electron chi connectivity index (χ0n) is 16.5. The van der Waals surface area contributed by atoms with Crippen molar-refractivity contribution < 1.29 is 4.79 Å². The molecular weight excluding hydrogens is 344 g/mol. The molecule has 2 heterocycles. The molecule has 1 saturated heterocycles. The molecule has 2 N–H and O–H groups in total. The van der Waals surface area contributed by atoms with Gasteiger partial charge in [-0.3, -0.25) is 14.7 Å². The molecule has 1 aromatic rings. The molecule has 2 fully saturated rings. The molecule has 1 aliphatic carbocycles. The molecule has 9 heteroatoms. The lowest BCUT2D eigenvalue weighted by atomic mass is 10.3. The molecule has 0 aromatic carbocycles. The van der Waals surface area contributed by atoms with Gasteiger partial charge in [0.25, 0.3) is 0 Å². The maximum absolute atomic E-state index is 12.0. The van der Waals surface area contributed by atoms with E-state index < -0.39 is 0 Å². The van der Waals surface area contributed by atoms with Crippen LogP contribution in [0.3, 0.4) is 0 Å². The number of rotatable bonds is 8. The number of nitrogens with one attached hydrogen (secondary N) is 2. The van der Waals surface area contributed by atoms with Gasteiger partial charge in [0, 0.05) is 51.7 Å². The standard InChI is InChI=1S/C18H32N8O/c1-3-16-23-21-14-26(16)8-7-20-18(19-4-2)25-11-9-24(10-12-25)13-17(27)22-15-5-6-15/h14-15H,3-13H2,1-2H3,(H,19,20)(H,22,27). The number of aromatic nitrogens is 3. The zero-order valence-corrected chi connectivity index (χ0v) is 16.5. The van der Waals surface area contributed by atoms with E-state index >= 15 is 0 Å². The summed E-state index contributed by atoms with van der Waals surface area (Å²) in [5.74, 6) is 2.10. The van der Waals surface area contributed by atoms with Crippen LogP contribution < -0.4 is 10.6 Å². The highest BCUT2D eigenvalue weighted by molar-refractivity contribution is 5.80. The van der Waals surface area contributed by atoms with Gasteiger partial charge in [-0.15, -0.1) is 10.2 Å². The second-order valence-corrected chi connectivity index (χ2v) is 7.13. The van der Waals surface area contributed by atoms with Gasteiger partial charge < -0.3 is 20.1 Å². The molecule has 1 saturated carbocycles. The normalized spacial score (nSPS) is 18.6. The summed E-state index contributed by atoms with van der Waals surface area (Å²) in [5.41, 5.74) is 0. The molecule has 3 rings (SSSR count). The Morgan fingerprint density at radius 1 is 1.26 bits per heavy atom. The molecule has 27 heavy (non-hydrogen) atoms. The van der Waals surface area contributed by atoms with Crippen LogP contribution in [0.2, 0.25) is 0 Å². The van der Waals surface area contributed by atoms with Crippen molar-refractivity contribution in [3.63, 3.8) is 0 Å². The molecule has 0 atom stereocenters. The summed E-state index contributed by atoms with van der Waals surface area (Å²) in [4.78, 5) is 21.3. The first kappa shape index (κ1) is 19.6. The predicted octanol–water partition coefficient (Wildman–Crippen LogP) is -0.298. The third-order valence-corrected chi connectivity index (χ3v) is 4.93. The van der Waals surface area contributed by atoms with Crippen LogP contribution in [0.15, 0.2) is 11.3 Å². The third-order valence-electron chi connectivity index (χ3n) is 4.93. The van der Waals surface area contributed by atoms with Gasteiger partial charge in [0.2, 0.25) is 5.91 Å². The molecule has 150 valence electrons. The molecule has 0 unspecified atom stereocenters. The number of nitrogens with zero attached hydrogens (tertiary/aromatic N) is 6. The summed E-state index contributed by atoms with van der Waals surface area (Å²) in [6.07, 6.45) is 4.92. The Kier molecular flexibility index (Phi) is 7.03. The van der Waals surface area contributed by atoms with Crippen LogP contribution in [0.1, 0.15) is 32.5 Å². The van der Waals surface area contributed by atoms with Crippen LogP contribution in [0.5, 0.6) is 0 Å². The van der Waals surface area contributed by atoms with Crippen molar-refractivity contribution in [3.8, 4) is 0 Å². The van der Waals surface area contributed by atoms with Gasteiger partial charge in [-0.1, -0.05) is 6.92 Å². The molecule has 9 nitrogen and oxygen atoms in total. The van der Waals surface area contributed by atoms with Gasteiger partial charge >= 0.3 is 0 Å². The van der Waals surface area contributed by atoms with Gasteiger partial charge in [0.05, 0.1) is 13.1 Å².